The summed E-state index contributed by atoms with van der Waals surface area (Å²) in [6.07, 6.45) is 39.3. The Morgan fingerprint density at radius 2 is 0.969 bits per heavy atom. The molecule has 0 saturated carbocycles. The number of unbranched alkanes of at least 4 members (excludes halogenated alkanes) is 26. The van der Waals surface area contributed by atoms with E-state index in [4.69, 9.17) is 9.47 Å². The van der Waals surface area contributed by atoms with Crippen LogP contribution in [0.3, 0.4) is 0 Å². The summed E-state index contributed by atoms with van der Waals surface area (Å²) in [6, 6.07) is -1.18. The first kappa shape index (κ1) is 60.3. The predicted octanol–water partition coefficient (Wildman–Crippen LogP) is 9.95. The Bertz CT molecular complexity index is 1130. The Labute approximate surface area is 390 Å². The molecule has 0 aromatic rings. The van der Waals surface area contributed by atoms with Gasteiger partial charge in [0.15, 0.2) is 6.29 Å². The first-order valence-corrected chi connectivity index (χ1v) is 26.4. The van der Waals surface area contributed by atoms with E-state index >= 15 is 0 Å². The van der Waals surface area contributed by atoms with E-state index in [9.17, 15) is 40.5 Å². The number of nitrogens with one attached hydrogen (secondary N) is 1. The minimum absolute atomic E-state index is 0.250. The molecule has 0 aliphatic carbocycles. The van der Waals surface area contributed by atoms with Crippen molar-refractivity contribution in [3.63, 3.8) is 0 Å². The number of rotatable bonds is 44. The Morgan fingerprint density at radius 1 is 0.547 bits per heavy atom. The van der Waals surface area contributed by atoms with Crippen LogP contribution in [0, 0.1) is 0 Å². The van der Waals surface area contributed by atoms with Crippen molar-refractivity contribution in [3.05, 3.63) is 36.5 Å². The second kappa shape index (κ2) is 42.7. The quantitative estimate of drug-likeness (QED) is 0.0216. The van der Waals surface area contributed by atoms with Crippen LogP contribution < -0.4 is 5.32 Å². The van der Waals surface area contributed by atoms with Crippen LogP contribution in [0.25, 0.3) is 0 Å². The lowest BCUT2D eigenvalue weighted by Gasteiger charge is -2.40. The third kappa shape index (κ3) is 31.3. The summed E-state index contributed by atoms with van der Waals surface area (Å²) in [6.45, 7) is 3.41. The van der Waals surface area contributed by atoms with Crippen molar-refractivity contribution in [1.82, 2.24) is 5.32 Å². The fraction of sp³-hybridized carbons (Fsp3) is 0.868. The van der Waals surface area contributed by atoms with Crippen molar-refractivity contribution >= 4 is 5.91 Å². The fourth-order valence-electron chi connectivity index (χ4n) is 8.29. The molecule has 0 bridgehead atoms. The molecule has 376 valence electrons. The first-order chi connectivity index (χ1) is 31.2. The number of allylic oxidation sites excluding steroid dienone is 6. The van der Waals surface area contributed by atoms with Gasteiger partial charge in [0, 0.05) is 0 Å². The molecule has 1 heterocycles. The van der Waals surface area contributed by atoms with Crippen LogP contribution in [0.2, 0.25) is 0 Å². The van der Waals surface area contributed by atoms with E-state index in [0.717, 1.165) is 51.4 Å². The molecule has 8 N–H and O–H groups in total. The Hall–Kier alpha value is -1.67. The van der Waals surface area contributed by atoms with Crippen molar-refractivity contribution in [2.24, 2.45) is 0 Å². The monoisotopic (exact) mass is 910 g/mol. The van der Waals surface area contributed by atoms with Crippen molar-refractivity contribution < 1.29 is 50.0 Å². The lowest BCUT2D eigenvalue weighted by atomic mass is 9.98. The molecule has 11 nitrogen and oxygen atoms in total. The zero-order chi connectivity index (χ0) is 46.9. The number of hydrogen-bond donors (Lipinski definition) is 8. The second-order valence-electron chi connectivity index (χ2n) is 18.6. The van der Waals surface area contributed by atoms with Gasteiger partial charge in [-0.05, 0) is 70.6 Å². The third-order valence-electron chi connectivity index (χ3n) is 12.7. The van der Waals surface area contributed by atoms with Crippen molar-refractivity contribution in [2.45, 2.75) is 281 Å². The van der Waals surface area contributed by atoms with Gasteiger partial charge in [0.2, 0.25) is 5.91 Å². The van der Waals surface area contributed by atoms with E-state index in [0.29, 0.717) is 12.8 Å². The molecule has 1 rings (SSSR count). The van der Waals surface area contributed by atoms with Crippen LogP contribution >= 0.6 is 0 Å². The molecule has 9 atom stereocenters. The largest absolute Gasteiger partial charge is 0.394 e. The Morgan fingerprint density at radius 3 is 1.44 bits per heavy atom. The van der Waals surface area contributed by atoms with Crippen LogP contribution in [0.5, 0.6) is 0 Å². The highest BCUT2D eigenvalue weighted by Gasteiger charge is 2.44. The van der Waals surface area contributed by atoms with Gasteiger partial charge < -0.3 is 50.5 Å². The van der Waals surface area contributed by atoms with Gasteiger partial charge in [0.25, 0.3) is 0 Å². The molecule has 1 aliphatic rings. The average Bonchev–Trinajstić information content (AvgIpc) is 3.29. The molecule has 0 aromatic heterocycles. The van der Waals surface area contributed by atoms with E-state index in [1.54, 1.807) is 0 Å². The highest BCUT2D eigenvalue weighted by molar-refractivity contribution is 5.80. The third-order valence-corrected chi connectivity index (χ3v) is 12.7. The van der Waals surface area contributed by atoms with E-state index in [-0.39, 0.29) is 12.8 Å². The predicted molar refractivity (Wildman–Crippen MR) is 261 cm³/mol. The minimum atomic E-state index is -1.67. The number of carbonyl (C=O) groups excluding carboxylic acids is 1. The molecule has 9 unspecified atom stereocenters. The molecule has 0 radical (unpaired) electrons. The van der Waals surface area contributed by atoms with Crippen molar-refractivity contribution in [3.8, 4) is 0 Å². The standard InChI is InChI=1S/C53H99NO10/c1-3-5-7-9-11-13-15-16-17-18-19-20-21-22-23-24-25-26-27-28-29-31-33-35-37-39-41-46(57)52(62)54-44(43-63-53-51(61)50(60)49(59)47(42-55)64-53)48(58)45(56)40-38-36-34-32-30-14-12-10-8-6-4-2/h19-20,22-23,32,34,44-51,53,55-61H,3-18,21,24-31,33,35-43H2,1-2H3,(H,54,62)/b20-19-,23-22-,34-32+. The summed E-state index contributed by atoms with van der Waals surface area (Å²) >= 11 is 0. The molecule has 11 heteroatoms. The Kier molecular flexibility index (Phi) is 40.2. The number of hydrogen-bond acceptors (Lipinski definition) is 10. The van der Waals surface area contributed by atoms with Gasteiger partial charge in [0.05, 0.1) is 25.4 Å². The summed E-state index contributed by atoms with van der Waals surface area (Å²) in [5.41, 5.74) is 0. The molecule has 64 heavy (non-hydrogen) atoms. The zero-order valence-corrected chi connectivity index (χ0v) is 40.8. The molecule has 0 spiro atoms. The van der Waals surface area contributed by atoms with Crippen LogP contribution in [0.1, 0.15) is 226 Å². The maximum Gasteiger partial charge on any atom is 0.249 e. The highest BCUT2D eigenvalue weighted by atomic mass is 16.7. The number of carbonyl (C=O) groups is 1. The normalized spacial score (nSPS) is 21.3. The van der Waals surface area contributed by atoms with Gasteiger partial charge in [-0.3, -0.25) is 4.79 Å². The minimum Gasteiger partial charge on any atom is -0.394 e. The van der Waals surface area contributed by atoms with Crippen LogP contribution in [0.15, 0.2) is 36.5 Å². The van der Waals surface area contributed by atoms with E-state index in [1.165, 1.54) is 135 Å². The number of amides is 1. The summed E-state index contributed by atoms with van der Waals surface area (Å²) in [4.78, 5) is 13.1. The summed E-state index contributed by atoms with van der Waals surface area (Å²) in [5.74, 6) is -0.710. The van der Waals surface area contributed by atoms with E-state index < -0.39 is 74.2 Å². The number of ether oxygens (including phenoxy) is 2. The second-order valence-corrected chi connectivity index (χ2v) is 18.6. The summed E-state index contributed by atoms with van der Waals surface area (Å²) in [7, 11) is 0. The van der Waals surface area contributed by atoms with E-state index in [2.05, 4.69) is 55.6 Å². The van der Waals surface area contributed by atoms with Crippen LogP contribution in [0.4, 0.5) is 0 Å². The SMILES string of the molecule is CCCCCCCC/C=C/CCCC(O)C(O)C(COC1OC(CO)C(O)C(O)C1O)NC(=O)C(O)CCCCCCCCCCCC/C=C\C/C=C\CCCCCCCCCCC. The van der Waals surface area contributed by atoms with Gasteiger partial charge >= 0.3 is 0 Å². The van der Waals surface area contributed by atoms with E-state index in [1.807, 2.05) is 0 Å². The maximum atomic E-state index is 13.1. The maximum absolute atomic E-state index is 13.1. The van der Waals surface area contributed by atoms with Gasteiger partial charge in [0.1, 0.15) is 36.6 Å². The van der Waals surface area contributed by atoms with Gasteiger partial charge in [-0.15, -0.1) is 0 Å². The lowest BCUT2D eigenvalue weighted by Crippen LogP contribution is -2.60. The molecule has 0 aromatic carbocycles. The molecule has 1 amide bonds. The smallest absolute Gasteiger partial charge is 0.249 e. The fourth-order valence-corrected chi connectivity index (χ4v) is 8.29. The molecule has 1 saturated heterocycles. The first-order valence-electron chi connectivity index (χ1n) is 26.4. The summed E-state index contributed by atoms with van der Waals surface area (Å²) in [5, 5.41) is 75.7. The van der Waals surface area contributed by atoms with Gasteiger partial charge in [-0.2, -0.15) is 0 Å². The molecule has 1 fully saturated rings. The Balaban J connectivity index is 2.31. The van der Waals surface area contributed by atoms with Crippen LogP contribution in [-0.2, 0) is 14.3 Å². The van der Waals surface area contributed by atoms with Crippen molar-refractivity contribution in [2.75, 3.05) is 13.2 Å². The highest BCUT2D eigenvalue weighted by Crippen LogP contribution is 2.23. The molecular weight excluding hydrogens is 811 g/mol. The molecule has 1 aliphatic heterocycles. The summed E-state index contributed by atoms with van der Waals surface area (Å²) < 4.78 is 11.1. The number of aliphatic hydroxyl groups excluding tert-OH is 7. The topological polar surface area (TPSA) is 189 Å². The van der Waals surface area contributed by atoms with Crippen LogP contribution in [-0.4, -0.2) is 110 Å². The molecular formula is C53H99NO10. The lowest BCUT2D eigenvalue weighted by molar-refractivity contribution is -0.303. The van der Waals surface area contributed by atoms with Gasteiger partial charge in [-0.25, -0.2) is 0 Å². The number of aliphatic hydroxyl groups is 7. The average molecular weight is 910 g/mol. The van der Waals surface area contributed by atoms with Gasteiger partial charge in [-0.1, -0.05) is 192 Å². The van der Waals surface area contributed by atoms with Crippen molar-refractivity contribution in [1.29, 1.82) is 0 Å². The zero-order valence-electron chi connectivity index (χ0n) is 40.8.